The summed E-state index contributed by atoms with van der Waals surface area (Å²) in [5, 5.41) is 19.0. The van der Waals surface area contributed by atoms with Crippen LogP contribution in [0.5, 0.6) is 0 Å². The average Bonchev–Trinajstić information content (AvgIpc) is 2.72. The fourth-order valence-corrected chi connectivity index (χ4v) is 3.35. The number of aryl methyl sites for hydroxylation is 1. The van der Waals surface area contributed by atoms with Crippen molar-refractivity contribution >= 4 is 29.2 Å². The molecule has 0 radical (unpaired) electrons. The second kappa shape index (κ2) is 10.1. The Morgan fingerprint density at radius 3 is 2.48 bits per heavy atom. The first-order valence-corrected chi connectivity index (χ1v) is 10.5. The van der Waals surface area contributed by atoms with Gasteiger partial charge in [0.05, 0.1) is 0 Å². The highest BCUT2D eigenvalue weighted by Crippen LogP contribution is 2.30. The molecule has 1 aromatic carbocycles. The van der Waals surface area contributed by atoms with Crippen molar-refractivity contribution in [2.24, 2.45) is 5.41 Å². The number of amides is 1. The Morgan fingerprint density at radius 2 is 1.94 bits per heavy atom. The molecule has 8 heteroatoms. The van der Waals surface area contributed by atoms with E-state index in [2.05, 4.69) is 52.8 Å². The lowest BCUT2D eigenvalue weighted by Crippen LogP contribution is -2.30. The number of aromatic nitrogens is 2. The van der Waals surface area contributed by atoms with Crippen LogP contribution in [0.3, 0.4) is 0 Å². The zero-order valence-electron chi connectivity index (χ0n) is 19.6. The Hall–Kier alpha value is -3.34. The number of carbonyl (C=O) groups is 1. The maximum atomic E-state index is 12.3. The van der Waals surface area contributed by atoms with Crippen LogP contribution in [0.1, 0.15) is 56.1 Å². The monoisotopic (exact) mass is 423 g/mol. The van der Waals surface area contributed by atoms with E-state index in [0.717, 1.165) is 17.7 Å². The molecule has 0 fully saturated rings. The molecule has 0 atom stereocenters. The summed E-state index contributed by atoms with van der Waals surface area (Å²) in [6.07, 6.45) is 0.765. The van der Waals surface area contributed by atoms with Crippen molar-refractivity contribution in [2.45, 2.75) is 41.0 Å². The van der Waals surface area contributed by atoms with Gasteiger partial charge in [-0.1, -0.05) is 33.8 Å². The number of carbonyl (C=O) groups excluding carboxylic acids is 1. The molecule has 166 valence electrons. The van der Waals surface area contributed by atoms with Crippen LogP contribution < -0.4 is 20.9 Å². The fraction of sp³-hybridized carbons (Fsp3) is 0.478. The summed E-state index contributed by atoms with van der Waals surface area (Å²) in [5.41, 5.74) is 2.69. The Bertz CT molecular complexity index is 973. The van der Waals surface area contributed by atoms with E-state index < -0.39 is 0 Å². The molecule has 1 amide bonds. The molecule has 0 saturated carbocycles. The van der Waals surface area contributed by atoms with Gasteiger partial charge in [-0.25, -0.2) is 0 Å². The van der Waals surface area contributed by atoms with Gasteiger partial charge in [0.25, 0.3) is 5.91 Å². The second-order valence-corrected chi connectivity index (χ2v) is 8.58. The van der Waals surface area contributed by atoms with Gasteiger partial charge in [0, 0.05) is 38.4 Å². The highest BCUT2D eigenvalue weighted by Gasteiger charge is 2.22. The lowest BCUT2D eigenvalue weighted by molar-refractivity contribution is 0.0956. The van der Waals surface area contributed by atoms with E-state index in [9.17, 15) is 10.1 Å². The molecule has 0 spiro atoms. The number of benzene rings is 1. The van der Waals surface area contributed by atoms with Crippen LogP contribution in [0.25, 0.3) is 0 Å². The van der Waals surface area contributed by atoms with Crippen molar-refractivity contribution in [3.8, 4) is 6.07 Å². The van der Waals surface area contributed by atoms with Crippen molar-refractivity contribution in [3.05, 3.63) is 34.9 Å². The molecule has 0 aliphatic carbocycles. The molecule has 1 aromatic heterocycles. The Kier molecular flexibility index (Phi) is 7.81. The fourth-order valence-electron chi connectivity index (χ4n) is 3.35. The standard InChI is InChI=1S/C23H33N7O/c1-8-15-10-11-16(21(31)26-9-2)12-18(15)27-19-17(13-24)20(29-22(25-6)28-19)30(7)14-23(3,4)5/h10-12H,8-9,14H2,1-7H3,(H,26,31)(H2,25,27,28,29). The smallest absolute Gasteiger partial charge is 0.251 e. The molecule has 0 unspecified atom stereocenters. The lowest BCUT2D eigenvalue weighted by Gasteiger charge is -2.28. The van der Waals surface area contributed by atoms with Crippen LogP contribution >= 0.6 is 0 Å². The van der Waals surface area contributed by atoms with Crippen molar-refractivity contribution in [2.75, 3.05) is 42.7 Å². The minimum absolute atomic E-state index is 0.0240. The van der Waals surface area contributed by atoms with Crippen molar-refractivity contribution in [3.63, 3.8) is 0 Å². The van der Waals surface area contributed by atoms with Crippen LogP contribution in [-0.4, -0.2) is 43.1 Å². The van der Waals surface area contributed by atoms with Crippen molar-refractivity contribution < 1.29 is 4.79 Å². The normalized spacial score (nSPS) is 10.9. The predicted molar refractivity (Wildman–Crippen MR) is 126 cm³/mol. The SMILES string of the molecule is CCNC(=O)c1ccc(CC)c(Nc2nc(NC)nc(N(C)CC(C)(C)C)c2C#N)c1. The zero-order valence-corrected chi connectivity index (χ0v) is 19.6. The first-order valence-electron chi connectivity index (χ1n) is 10.5. The largest absolute Gasteiger partial charge is 0.358 e. The Balaban J connectivity index is 2.56. The molecule has 1 heterocycles. The highest BCUT2D eigenvalue weighted by molar-refractivity contribution is 5.95. The van der Waals surface area contributed by atoms with Gasteiger partial charge in [-0.2, -0.15) is 15.2 Å². The van der Waals surface area contributed by atoms with Gasteiger partial charge in [-0.15, -0.1) is 0 Å². The summed E-state index contributed by atoms with van der Waals surface area (Å²) < 4.78 is 0. The number of hydrogen-bond donors (Lipinski definition) is 3. The molecule has 3 N–H and O–H groups in total. The van der Waals surface area contributed by atoms with E-state index in [0.29, 0.717) is 41.8 Å². The number of nitrogens with zero attached hydrogens (tertiary/aromatic N) is 4. The number of nitriles is 1. The third-order valence-corrected chi connectivity index (χ3v) is 4.64. The van der Waals surface area contributed by atoms with Gasteiger partial charge in [-0.05, 0) is 36.5 Å². The molecule has 8 nitrogen and oxygen atoms in total. The number of anilines is 4. The van der Waals surface area contributed by atoms with E-state index in [1.165, 1.54) is 0 Å². The van der Waals surface area contributed by atoms with Crippen LogP contribution in [0.2, 0.25) is 0 Å². The Labute approximate surface area is 185 Å². The number of nitrogens with one attached hydrogen (secondary N) is 3. The second-order valence-electron chi connectivity index (χ2n) is 8.58. The maximum Gasteiger partial charge on any atom is 0.251 e. The molecular formula is C23H33N7O. The number of rotatable bonds is 8. The van der Waals surface area contributed by atoms with Crippen LogP contribution in [-0.2, 0) is 6.42 Å². The summed E-state index contributed by atoms with van der Waals surface area (Å²) in [6, 6.07) is 7.79. The van der Waals surface area contributed by atoms with Crippen LogP contribution in [0, 0.1) is 16.7 Å². The predicted octanol–water partition coefficient (Wildman–Crippen LogP) is 3.93. The van der Waals surface area contributed by atoms with Crippen LogP contribution in [0.15, 0.2) is 18.2 Å². The molecule has 0 aliphatic rings. The van der Waals surface area contributed by atoms with E-state index in [1.807, 2.05) is 37.9 Å². The molecule has 0 saturated heterocycles. The quantitative estimate of drug-likeness (QED) is 0.591. The first-order chi connectivity index (χ1) is 14.6. The van der Waals surface area contributed by atoms with Gasteiger partial charge in [0.1, 0.15) is 11.6 Å². The van der Waals surface area contributed by atoms with Crippen LogP contribution in [0.4, 0.5) is 23.3 Å². The summed E-state index contributed by atoms with van der Waals surface area (Å²) in [5.74, 6) is 1.23. The summed E-state index contributed by atoms with van der Waals surface area (Å²) in [7, 11) is 3.66. The molecular weight excluding hydrogens is 390 g/mol. The minimum Gasteiger partial charge on any atom is -0.358 e. The third kappa shape index (κ3) is 6.07. The molecule has 0 bridgehead atoms. The molecule has 31 heavy (non-hydrogen) atoms. The van der Waals surface area contributed by atoms with E-state index in [-0.39, 0.29) is 11.3 Å². The topological polar surface area (TPSA) is 106 Å². The first kappa shape index (κ1) is 23.9. The summed E-state index contributed by atoms with van der Waals surface area (Å²) in [4.78, 5) is 23.3. The van der Waals surface area contributed by atoms with Gasteiger partial charge < -0.3 is 20.9 Å². The van der Waals surface area contributed by atoms with Crippen molar-refractivity contribution in [1.82, 2.24) is 15.3 Å². The van der Waals surface area contributed by atoms with Gasteiger partial charge in [0.15, 0.2) is 11.6 Å². The van der Waals surface area contributed by atoms with Gasteiger partial charge in [-0.3, -0.25) is 4.79 Å². The van der Waals surface area contributed by atoms with E-state index >= 15 is 0 Å². The van der Waals surface area contributed by atoms with E-state index in [4.69, 9.17) is 0 Å². The molecule has 2 rings (SSSR count). The van der Waals surface area contributed by atoms with Crippen molar-refractivity contribution in [1.29, 1.82) is 5.26 Å². The lowest BCUT2D eigenvalue weighted by atomic mass is 9.96. The zero-order chi connectivity index (χ0) is 23.2. The van der Waals surface area contributed by atoms with Gasteiger partial charge >= 0.3 is 0 Å². The summed E-state index contributed by atoms with van der Waals surface area (Å²) in [6.45, 7) is 11.6. The molecule has 2 aromatic rings. The van der Waals surface area contributed by atoms with Gasteiger partial charge in [0.2, 0.25) is 5.95 Å². The average molecular weight is 424 g/mol. The van der Waals surface area contributed by atoms with E-state index in [1.54, 1.807) is 13.1 Å². The molecule has 0 aliphatic heterocycles. The summed E-state index contributed by atoms with van der Waals surface area (Å²) >= 11 is 0. The number of hydrogen-bond acceptors (Lipinski definition) is 7. The highest BCUT2D eigenvalue weighted by atomic mass is 16.1. The minimum atomic E-state index is -0.141. The maximum absolute atomic E-state index is 12.3. The Morgan fingerprint density at radius 1 is 1.23 bits per heavy atom. The third-order valence-electron chi connectivity index (χ3n) is 4.64.